The molecule has 0 unspecified atom stereocenters. The molecule has 4 rings (SSSR count). The first kappa shape index (κ1) is 12.1. The van der Waals surface area contributed by atoms with E-state index in [1.54, 1.807) is 0 Å². The normalized spacial score (nSPS) is 15.1. The summed E-state index contributed by atoms with van der Waals surface area (Å²) in [5, 5.41) is 5.04. The Bertz CT molecular complexity index is 755. The summed E-state index contributed by atoms with van der Waals surface area (Å²) in [5.41, 5.74) is 0.707. The van der Waals surface area contributed by atoms with E-state index in [4.69, 9.17) is 20.4 Å². The van der Waals surface area contributed by atoms with E-state index in [9.17, 15) is 0 Å². The molecular weight excluding hydrogens is 274 g/mol. The van der Waals surface area contributed by atoms with Crippen molar-refractivity contribution in [3.63, 3.8) is 0 Å². The number of halogens is 1. The van der Waals surface area contributed by atoms with Gasteiger partial charge in [-0.25, -0.2) is 0 Å². The SMILES string of the molecule is Clc1cccc2cc(-c3ccc(CNC4CC4)o3)oc12. The average molecular weight is 288 g/mol. The molecule has 2 aromatic heterocycles. The molecule has 3 nitrogen and oxygen atoms in total. The van der Waals surface area contributed by atoms with E-state index >= 15 is 0 Å². The molecule has 1 saturated carbocycles. The van der Waals surface area contributed by atoms with Crippen LogP contribution in [-0.4, -0.2) is 6.04 Å². The maximum atomic E-state index is 6.12. The highest BCUT2D eigenvalue weighted by molar-refractivity contribution is 6.34. The molecule has 4 heteroatoms. The molecule has 3 aromatic rings. The Balaban J connectivity index is 1.62. The quantitative estimate of drug-likeness (QED) is 0.762. The molecule has 20 heavy (non-hydrogen) atoms. The van der Waals surface area contributed by atoms with Crippen LogP contribution >= 0.6 is 11.6 Å². The van der Waals surface area contributed by atoms with Crippen molar-refractivity contribution in [2.45, 2.75) is 25.4 Å². The van der Waals surface area contributed by atoms with Crippen LogP contribution in [0, 0.1) is 0 Å². The minimum Gasteiger partial charge on any atom is -0.456 e. The van der Waals surface area contributed by atoms with Crippen LogP contribution in [0.4, 0.5) is 0 Å². The maximum absolute atomic E-state index is 6.12. The summed E-state index contributed by atoms with van der Waals surface area (Å²) in [5.74, 6) is 2.38. The van der Waals surface area contributed by atoms with Gasteiger partial charge in [0.1, 0.15) is 5.76 Å². The molecular formula is C16H14ClNO2. The minimum atomic E-state index is 0.621. The van der Waals surface area contributed by atoms with Crippen LogP contribution < -0.4 is 5.32 Å². The largest absolute Gasteiger partial charge is 0.456 e. The molecule has 102 valence electrons. The number of hydrogen-bond acceptors (Lipinski definition) is 3. The molecule has 0 radical (unpaired) electrons. The Morgan fingerprint density at radius 2 is 2.00 bits per heavy atom. The summed E-state index contributed by atoms with van der Waals surface area (Å²) in [6.45, 7) is 0.769. The fraction of sp³-hybridized carbons (Fsp3) is 0.250. The van der Waals surface area contributed by atoms with Gasteiger partial charge in [0.15, 0.2) is 17.1 Å². The standard InChI is InChI=1S/C16H14ClNO2/c17-13-3-1-2-10-8-15(20-16(10)13)14-7-6-12(19-14)9-18-11-4-5-11/h1-3,6-8,11,18H,4-5,9H2. The van der Waals surface area contributed by atoms with Gasteiger partial charge in [-0.2, -0.15) is 0 Å². The van der Waals surface area contributed by atoms with E-state index in [-0.39, 0.29) is 0 Å². The summed E-state index contributed by atoms with van der Waals surface area (Å²) in [7, 11) is 0. The van der Waals surface area contributed by atoms with Crippen molar-refractivity contribution in [1.82, 2.24) is 5.32 Å². The lowest BCUT2D eigenvalue weighted by molar-refractivity contribution is 0.478. The van der Waals surface area contributed by atoms with Gasteiger partial charge in [-0.15, -0.1) is 0 Å². The lowest BCUT2D eigenvalue weighted by Gasteiger charge is -1.97. The number of para-hydroxylation sites is 1. The number of hydrogen-bond donors (Lipinski definition) is 1. The van der Waals surface area contributed by atoms with Gasteiger partial charge in [0.05, 0.1) is 11.6 Å². The van der Waals surface area contributed by atoms with Crippen LogP contribution in [0.25, 0.3) is 22.5 Å². The molecule has 2 heterocycles. The number of furan rings is 2. The van der Waals surface area contributed by atoms with Gasteiger partial charge in [0.25, 0.3) is 0 Å². The van der Waals surface area contributed by atoms with E-state index in [0.29, 0.717) is 22.4 Å². The Kier molecular flexibility index (Phi) is 2.83. The second kappa shape index (κ2) is 4.69. The fourth-order valence-corrected chi connectivity index (χ4v) is 2.51. The molecule has 1 aliphatic rings. The predicted octanol–water partition coefficient (Wildman–Crippen LogP) is 4.60. The van der Waals surface area contributed by atoms with Crippen molar-refractivity contribution < 1.29 is 8.83 Å². The predicted molar refractivity (Wildman–Crippen MR) is 78.8 cm³/mol. The highest BCUT2D eigenvalue weighted by atomic mass is 35.5. The van der Waals surface area contributed by atoms with E-state index in [2.05, 4.69) is 5.32 Å². The van der Waals surface area contributed by atoms with Crippen molar-refractivity contribution >= 4 is 22.6 Å². The topological polar surface area (TPSA) is 38.3 Å². The van der Waals surface area contributed by atoms with Crippen LogP contribution in [0.2, 0.25) is 5.02 Å². The monoisotopic (exact) mass is 287 g/mol. The highest BCUT2D eigenvalue weighted by Crippen LogP contribution is 2.32. The van der Waals surface area contributed by atoms with Crippen molar-refractivity contribution in [2.24, 2.45) is 0 Å². The van der Waals surface area contributed by atoms with Crippen molar-refractivity contribution in [2.75, 3.05) is 0 Å². The molecule has 0 amide bonds. The van der Waals surface area contributed by atoms with Gasteiger partial charge >= 0.3 is 0 Å². The summed E-state index contributed by atoms with van der Waals surface area (Å²) in [4.78, 5) is 0. The molecule has 1 aliphatic carbocycles. The number of rotatable bonds is 4. The van der Waals surface area contributed by atoms with Gasteiger partial charge in [0, 0.05) is 11.4 Å². The van der Waals surface area contributed by atoms with E-state index < -0.39 is 0 Å². The first-order chi connectivity index (χ1) is 9.79. The molecule has 1 aromatic carbocycles. The molecule has 0 aliphatic heterocycles. The Morgan fingerprint density at radius 1 is 1.10 bits per heavy atom. The first-order valence-electron chi connectivity index (χ1n) is 6.80. The fourth-order valence-electron chi connectivity index (χ4n) is 2.29. The Hall–Kier alpha value is -1.71. The van der Waals surface area contributed by atoms with E-state index in [1.807, 2.05) is 36.4 Å². The molecule has 0 spiro atoms. The highest BCUT2D eigenvalue weighted by Gasteiger charge is 2.20. The van der Waals surface area contributed by atoms with Gasteiger partial charge < -0.3 is 14.2 Å². The average Bonchev–Trinajstić information content (AvgIpc) is 2.99. The Labute approximate surface area is 121 Å². The molecule has 0 atom stereocenters. The van der Waals surface area contributed by atoms with Crippen LogP contribution in [-0.2, 0) is 6.54 Å². The minimum absolute atomic E-state index is 0.621. The van der Waals surface area contributed by atoms with Gasteiger partial charge in [-0.3, -0.25) is 0 Å². The Morgan fingerprint density at radius 3 is 2.80 bits per heavy atom. The number of benzene rings is 1. The van der Waals surface area contributed by atoms with Crippen LogP contribution in [0.3, 0.4) is 0 Å². The van der Waals surface area contributed by atoms with Gasteiger partial charge in [-0.05, 0) is 37.1 Å². The van der Waals surface area contributed by atoms with Crippen LogP contribution in [0.5, 0.6) is 0 Å². The molecule has 0 bridgehead atoms. The zero-order valence-corrected chi connectivity index (χ0v) is 11.6. The van der Waals surface area contributed by atoms with Crippen molar-refractivity contribution in [3.05, 3.63) is 47.2 Å². The van der Waals surface area contributed by atoms with E-state index in [1.165, 1.54) is 12.8 Å². The van der Waals surface area contributed by atoms with Crippen LogP contribution in [0.15, 0.2) is 45.2 Å². The molecule has 1 fully saturated rings. The second-order valence-electron chi connectivity index (χ2n) is 5.19. The molecule has 0 saturated heterocycles. The summed E-state index contributed by atoms with van der Waals surface area (Å²) >= 11 is 6.12. The summed E-state index contributed by atoms with van der Waals surface area (Å²) < 4.78 is 11.6. The smallest absolute Gasteiger partial charge is 0.170 e. The lowest BCUT2D eigenvalue weighted by Crippen LogP contribution is -2.14. The second-order valence-corrected chi connectivity index (χ2v) is 5.60. The maximum Gasteiger partial charge on any atom is 0.170 e. The van der Waals surface area contributed by atoms with Crippen LogP contribution in [0.1, 0.15) is 18.6 Å². The number of fused-ring (bicyclic) bond motifs is 1. The zero-order chi connectivity index (χ0) is 13.5. The number of nitrogens with one attached hydrogen (secondary N) is 1. The summed E-state index contributed by atoms with van der Waals surface area (Å²) in [6, 6.07) is 12.3. The van der Waals surface area contributed by atoms with Gasteiger partial charge in [-0.1, -0.05) is 23.7 Å². The molecule has 1 N–H and O–H groups in total. The summed E-state index contributed by atoms with van der Waals surface area (Å²) in [6.07, 6.45) is 2.55. The third-order valence-corrected chi connectivity index (χ3v) is 3.84. The lowest BCUT2D eigenvalue weighted by atomic mass is 10.2. The van der Waals surface area contributed by atoms with Crippen molar-refractivity contribution in [3.8, 4) is 11.5 Å². The third kappa shape index (κ3) is 2.23. The first-order valence-corrected chi connectivity index (χ1v) is 7.18. The zero-order valence-electron chi connectivity index (χ0n) is 10.9. The van der Waals surface area contributed by atoms with E-state index in [0.717, 1.165) is 23.5 Å². The third-order valence-electron chi connectivity index (χ3n) is 3.54. The van der Waals surface area contributed by atoms with Crippen molar-refractivity contribution in [1.29, 1.82) is 0 Å². The van der Waals surface area contributed by atoms with Gasteiger partial charge in [0.2, 0.25) is 0 Å².